The molecule has 0 atom stereocenters. The van der Waals surface area contributed by atoms with Gasteiger partial charge in [0.25, 0.3) is 6.43 Å². The number of nitrogen functional groups attached to an aromatic ring is 1. The third-order valence-corrected chi connectivity index (χ3v) is 2.66. The van der Waals surface area contributed by atoms with Gasteiger partial charge in [-0.3, -0.25) is 0 Å². The smallest absolute Gasteiger partial charge is 0.265 e. The van der Waals surface area contributed by atoms with Gasteiger partial charge in [0.2, 0.25) is 0 Å². The van der Waals surface area contributed by atoms with Crippen molar-refractivity contribution < 1.29 is 8.78 Å². The second kappa shape index (κ2) is 3.97. The zero-order chi connectivity index (χ0) is 11.8. The number of alkyl halides is 2. The first kappa shape index (κ1) is 12.2. The second-order valence-electron chi connectivity index (χ2n) is 4.48. The number of halogens is 3. The van der Waals surface area contributed by atoms with E-state index < -0.39 is 6.43 Å². The van der Waals surface area contributed by atoms with Crippen LogP contribution in [0, 0.1) is 0 Å². The van der Waals surface area contributed by atoms with Crippen molar-refractivity contribution in [3.8, 4) is 0 Å². The van der Waals surface area contributed by atoms with Crippen LogP contribution in [0.4, 0.5) is 14.5 Å². The first-order valence-corrected chi connectivity index (χ1v) is 4.99. The predicted molar refractivity (Wildman–Crippen MR) is 59.5 cm³/mol. The average molecular weight is 234 g/mol. The predicted octanol–water partition coefficient (Wildman–Crippen LogP) is 4.16. The number of nitrogens with two attached hydrogens (primary N) is 1. The van der Waals surface area contributed by atoms with Crippen LogP contribution >= 0.6 is 11.6 Å². The second-order valence-corrected chi connectivity index (χ2v) is 4.86. The van der Waals surface area contributed by atoms with Crippen LogP contribution in [0.1, 0.15) is 38.3 Å². The molecule has 2 N–H and O–H groups in total. The van der Waals surface area contributed by atoms with Crippen molar-refractivity contribution in [3.05, 3.63) is 28.3 Å². The summed E-state index contributed by atoms with van der Waals surface area (Å²) >= 11 is 5.79. The summed E-state index contributed by atoms with van der Waals surface area (Å²) in [6, 6.07) is 3.18. The summed E-state index contributed by atoms with van der Waals surface area (Å²) in [5.41, 5.74) is 5.72. The molecule has 84 valence electrons. The fraction of sp³-hybridized carbons (Fsp3) is 0.455. The minimum absolute atomic E-state index is 0.0302. The van der Waals surface area contributed by atoms with Gasteiger partial charge in [-0.1, -0.05) is 38.4 Å². The Morgan fingerprint density at radius 3 is 2.20 bits per heavy atom. The van der Waals surface area contributed by atoms with Crippen LogP contribution < -0.4 is 5.73 Å². The maximum atomic E-state index is 12.9. The zero-order valence-electron chi connectivity index (χ0n) is 8.94. The highest BCUT2D eigenvalue weighted by atomic mass is 35.5. The third kappa shape index (κ3) is 2.40. The Morgan fingerprint density at radius 2 is 1.80 bits per heavy atom. The van der Waals surface area contributed by atoms with Gasteiger partial charge < -0.3 is 5.73 Å². The third-order valence-electron chi connectivity index (χ3n) is 2.24. The first-order valence-electron chi connectivity index (χ1n) is 4.61. The van der Waals surface area contributed by atoms with E-state index in [1.54, 1.807) is 12.1 Å². The van der Waals surface area contributed by atoms with Crippen molar-refractivity contribution >= 4 is 17.3 Å². The number of hydrogen-bond acceptors (Lipinski definition) is 1. The van der Waals surface area contributed by atoms with Crippen molar-refractivity contribution in [1.29, 1.82) is 0 Å². The summed E-state index contributed by atoms with van der Waals surface area (Å²) in [7, 11) is 0. The van der Waals surface area contributed by atoms with E-state index in [4.69, 9.17) is 17.3 Å². The van der Waals surface area contributed by atoms with Crippen molar-refractivity contribution in [3.63, 3.8) is 0 Å². The van der Waals surface area contributed by atoms with Crippen molar-refractivity contribution in [2.75, 3.05) is 5.73 Å². The molecule has 0 aliphatic rings. The molecule has 1 rings (SSSR count). The lowest BCUT2D eigenvalue weighted by Gasteiger charge is -2.24. The van der Waals surface area contributed by atoms with E-state index in [1.165, 1.54) is 0 Å². The Hall–Kier alpha value is -0.830. The highest BCUT2D eigenvalue weighted by molar-refractivity contribution is 6.34. The highest BCUT2D eigenvalue weighted by Crippen LogP contribution is 2.39. The van der Waals surface area contributed by atoms with Gasteiger partial charge in [-0.05, 0) is 17.0 Å². The van der Waals surface area contributed by atoms with Crippen molar-refractivity contribution in [1.82, 2.24) is 0 Å². The van der Waals surface area contributed by atoms with E-state index in [-0.39, 0.29) is 21.7 Å². The van der Waals surface area contributed by atoms with Crippen LogP contribution in [-0.2, 0) is 5.41 Å². The quantitative estimate of drug-likeness (QED) is 0.725. The molecule has 0 saturated heterocycles. The Bertz CT molecular complexity index is 370. The van der Waals surface area contributed by atoms with Crippen LogP contribution in [0.15, 0.2) is 12.1 Å². The van der Waals surface area contributed by atoms with E-state index in [0.29, 0.717) is 5.56 Å². The summed E-state index contributed by atoms with van der Waals surface area (Å²) < 4.78 is 25.7. The molecule has 0 fully saturated rings. The number of anilines is 1. The van der Waals surface area contributed by atoms with E-state index >= 15 is 0 Å². The largest absolute Gasteiger partial charge is 0.398 e. The molecule has 0 unspecified atom stereocenters. The summed E-state index contributed by atoms with van der Waals surface area (Å²) in [6.45, 7) is 5.59. The van der Waals surface area contributed by atoms with E-state index in [1.807, 2.05) is 20.8 Å². The molecule has 1 nitrogen and oxygen atoms in total. The normalized spacial score (nSPS) is 12.2. The molecule has 0 radical (unpaired) electrons. The number of hydrogen-bond donors (Lipinski definition) is 1. The van der Waals surface area contributed by atoms with Gasteiger partial charge in [0.1, 0.15) is 0 Å². The van der Waals surface area contributed by atoms with Gasteiger partial charge in [0.15, 0.2) is 0 Å². The fourth-order valence-electron chi connectivity index (χ4n) is 1.48. The van der Waals surface area contributed by atoms with Crippen LogP contribution in [0.25, 0.3) is 0 Å². The molecule has 4 heteroatoms. The lowest BCUT2D eigenvalue weighted by Crippen LogP contribution is -2.15. The van der Waals surface area contributed by atoms with Crippen LogP contribution in [0.2, 0.25) is 5.02 Å². The van der Waals surface area contributed by atoms with E-state index in [2.05, 4.69) is 0 Å². The Kier molecular flexibility index (Phi) is 3.24. The minimum atomic E-state index is -2.60. The van der Waals surface area contributed by atoms with Gasteiger partial charge in [0.05, 0.1) is 10.7 Å². The van der Waals surface area contributed by atoms with Gasteiger partial charge in [-0.25, -0.2) is 8.78 Å². The Labute approximate surface area is 93.2 Å². The topological polar surface area (TPSA) is 26.0 Å². The summed E-state index contributed by atoms with van der Waals surface area (Å²) in [5, 5.41) is -0.0302. The molecule has 0 bridgehead atoms. The van der Waals surface area contributed by atoms with Gasteiger partial charge in [0, 0.05) is 5.56 Å². The molecule has 1 aromatic carbocycles. The number of rotatable bonds is 1. The molecule has 0 aliphatic carbocycles. The Morgan fingerprint density at radius 1 is 1.27 bits per heavy atom. The lowest BCUT2D eigenvalue weighted by atomic mass is 9.83. The molecule has 0 aromatic heterocycles. The molecule has 1 aromatic rings. The summed E-state index contributed by atoms with van der Waals surface area (Å²) in [6.07, 6.45) is -2.60. The highest BCUT2D eigenvalue weighted by Gasteiger charge is 2.25. The van der Waals surface area contributed by atoms with Gasteiger partial charge in [-0.2, -0.15) is 0 Å². The molecule has 0 saturated carbocycles. The molecule has 15 heavy (non-hydrogen) atoms. The number of benzene rings is 1. The summed E-state index contributed by atoms with van der Waals surface area (Å²) in [5.74, 6) is 0. The molecule has 0 aliphatic heterocycles. The first-order chi connectivity index (χ1) is 6.75. The SMILES string of the molecule is CC(C)(C)c1ccc(N)c(Cl)c1C(F)F. The van der Waals surface area contributed by atoms with Crippen LogP contribution in [0.5, 0.6) is 0 Å². The summed E-state index contributed by atoms with van der Waals surface area (Å²) in [4.78, 5) is 0. The lowest BCUT2D eigenvalue weighted by molar-refractivity contribution is 0.149. The van der Waals surface area contributed by atoms with Crippen molar-refractivity contribution in [2.45, 2.75) is 32.6 Å². The Balaban J connectivity index is 3.47. The van der Waals surface area contributed by atoms with Crippen LogP contribution in [0.3, 0.4) is 0 Å². The van der Waals surface area contributed by atoms with Crippen molar-refractivity contribution in [2.24, 2.45) is 0 Å². The van der Waals surface area contributed by atoms with E-state index in [0.717, 1.165) is 0 Å². The minimum Gasteiger partial charge on any atom is -0.398 e. The monoisotopic (exact) mass is 233 g/mol. The molecular formula is C11H14ClF2N. The fourth-order valence-corrected chi connectivity index (χ4v) is 1.72. The van der Waals surface area contributed by atoms with E-state index in [9.17, 15) is 8.78 Å². The average Bonchev–Trinajstić information content (AvgIpc) is 2.06. The van der Waals surface area contributed by atoms with Gasteiger partial charge in [-0.15, -0.1) is 0 Å². The van der Waals surface area contributed by atoms with Gasteiger partial charge >= 0.3 is 0 Å². The maximum Gasteiger partial charge on any atom is 0.265 e. The van der Waals surface area contributed by atoms with Crippen LogP contribution in [-0.4, -0.2) is 0 Å². The molecular weight excluding hydrogens is 220 g/mol. The molecule has 0 amide bonds. The molecule has 0 heterocycles. The standard InChI is InChI=1S/C11H14ClF2N/c1-11(2,3)6-4-5-7(15)9(12)8(6)10(13)14/h4-5,10H,15H2,1-3H3. The zero-order valence-corrected chi connectivity index (χ0v) is 9.70. The molecule has 0 spiro atoms. The maximum absolute atomic E-state index is 12.9.